The normalized spacial score (nSPS) is 16.5. The van der Waals surface area contributed by atoms with E-state index in [-0.39, 0.29) is 31.4 Å². The van der Waals surface area contributed by atoms with Gasteiger partial charge < -0.3 is 14.4 Å². The van der Waals surface area contributed by atoms with Crippen molar-refractivity contribution in [1.29, 1.82) is 0 Å². The molecule has 0 unspecified atom stereocenters. The number of anilines is 1. The van der Waals surface area contributed by atoms with E-state index in [0.29, 0.717) is 30.8 Å². The van der Waals surface area contributed by atoms with Crippen LogP contribution in [0.2, 0.25) is 0 Å². The van der Waals surface area contributed by atoms with E-state index in [0.717, 1.165) is 4.90 Å². The highest BCUT2D eigenvalue weighted by Crippen LogP contribution is 2.31. The van der Waals surface area contributed by atoms with Crippen molar-refractivity contribution in [2.24, 2.45) is 0 Å². The van der Waals surface area contributed by atoms with E-state index in [9.17, 15) is 19.2 Å². The highest BCUT2D eigenvalue weighted by molar-refractivity contribution is 5.99. The quantitative estimate of drug-likeness (QED) is 0.721. The average Bonchev–Trinajstić information content (AvgIpc) is 3.05. The molecular weight excluding hydrogens is 328 g/mol. The first kappa shape index (κ1) is 16.9. The van der Waals surface area contributed by atoms with Crippen molar-refractivity contribution in [3.63, 3.8) is 0 Å². The van der Waals surface area contributed by atoms with Gasteiger partial charge in [-0.05, 0) is 18.6 Å². The summed E-state index contributed by atoms with van der Waals surface area (Å²) in [4.78, 5) is 49.7. The fraction of sp³-hybridized carbons (Fsp3) is 0.412. The van der Waals surface area contributed by atoms with Crippen LogP contribution in [-0.2, 0) is 23.9 Å². The Morgan fingerprint density at radius 2 is 1.96 bits per heavy atom. The summed E-state index contributed by atoms with van der Waals surface area (Å²) in [7, 11) is 0. The summed E-state index contributed by atoms with van der Waals surface area (Å²) in [6.45, 7) is -0.0387. The molecule has 0 radical (unpaired) electrons. The van der Waals surface area contributed by atoms with Gasteiger partial charge in [-0.3, -0.25) is 24.1 Å². The third-order valence-electron chi connectivity index (χ3n) is 4.08. The number of amides is 3. The van der Waals surface area contributed by atoms with Crippen molar-refractivity contribution < 1.29 is 28.7 Å². The van der Waals surface area contributed by atoms with Gasteiger partial charge >= 0.3 is 5.97 Å². The van der Waals surface area contributed by atoms with E-state index >= 15 is 0 Å². The summed E-state index contributed by atoms with van der Waals surface area (Å²) in [5, 5.41) is 0. The van der Waals surface area contributed by atoms with Gasteiger partial charge in [0.1, 0.15) is 5.75 Å². The maximum atomic E-state index is 12.0. The van der Waals surface area contributed by atoms with Crippen molar-refractivity contribution in [2.45, 2.75) is 19.3 Å². The number of imide groups is 1. The van der Waals surface area contributed by atoms with Gasteiger partial charge in [-0.1, -0.05) is 12.1 Å². The molecule has 132 valence electrons. The fourth-order valence-corrected chi connectivity index (χ4v) is 2.81. The monoisotopic (exact) mass is 346 g/mol. The molecule has 3 amide bonds. The summed E-state index contributed by atoms with van der Waals surface area (Å²) in [6, 6.07) is 7.06. The third-order valence-corrected chi connectivity index (χ3v) is 4.08. The number of carbonyl (C=O) groups is 4. The average molecular weight is 346 g/mol. The topological polar surface area (TPSA) is 93.2 Å². The van der Waals surface area contributed by atoms with Crippen molar-refractivity contribution >= 4 is 29.4 Å². The molecule has 0 bridgehead atoms. The van der Waals surface area contributed by atoms with Gasteiger partial charge in [-0.25, -0.2) is 0 Å². The lowest BCUT2D eigenvalue weighted by Gasteiger charge is -2.28. The molecule has 8 heteroatoms. The van der Waals surface area contributed by atoms with Crippen molar-refractivity contribution in [2.75, 3.05) is 31.2 Å². The molecule has 1 fully saturated rings. The minimum atomic E-state index is -0.600. The molecule has 3 rings (SSSR count). The van der Waals surface area contributed by atoms with Crippen LogP contribution in [-0.4, -0.2) is 54.9 Å². The Bertz CT molecular complexity index is 717. The van der Waals surface area contributed by atoms with Gasteiger partial charge in [0.15, 0.2) is 13.2 Å². The number of rotatable bonds is 5. The zero-order chi connectivity index (χ0) is 17.8. The molecule has 0 atom stereocenters. The molecule has 2 aliphatic rings. The maximum Gasteiger partial charge on any atom is 0.308 e. The van der Waals surface area contributed by atoms with Crippen LogP contribution >= 0.6 is 0 Å². The number of hydrogen-bond acceptors (Lipinski definition) is 6. The third kappa shape index (κ3) is 3.78. The number of hydrogen-bond donors (Lipinski definition) is 0. The predicted octanol–water partition coefficient (Wildman–Crippen LogP) is 0.494. The van der Waals surface area contributed by atoms with Crippen LogP contribution in [0, 0.1) is 0 Å². The number of ether oxygens (including phenoxy) is 2. The number of carbonyl (C=O) groups excluding carboxylic acids is 4. The SMILES string of the molecule is O=C(CCN1C(=O)COc2ccccc21)OCC(=O)N1CCCC1=O. The van der Waals surface area contributed by atoms with Crippen molar-refractivity contribution in [3.8, 4) is 5.75 Å². The van der Waals surface area contributed by atoms with E-state index in [4.69, 9.17) is 9.47 Å². The second kappa shape index (κ2) is 7.33. The number of fused-ring (bicyclic) bond motifs is 1. The summed E-state index contributed by atoms with van der Waals surface area (Å²) in [6.07, 6.45) is 0.927. The van der Waals surface area contributed by atoms with Gasteiger partial charge in [-0.2, -0.15) is 0 Å². The standard InChI is InChI=1S/C17H18N2O6/c20-14-6-3-8-19(14)16(22)11-25-17(23)7-9-18-12-4-1-2-5-13(12)24-10-15(18)21/h1-2,4-5H,3,6-11H2. The van der Waals surface area contributed by atoms with Crippen LogP contribution in [0.3, 0.4) is 0 Å². The molecule has 1 aromatic rings. The Hall–Kier alpha value is -2.90. The molecule has 0 N–H and O–H groups in total. The molecule has 0 spiro atoms. The number of benzene rings is 1. The number of esters is 1. The van der Waals surface area contributed by atoms with Crippen LogP contribution < -0.4 is 9.64 Å². The van der Waals surface area contributed by atoms with Crippen LogP contribution in [0.1, 0.15) is 19.3 Å². The molecule has 2 heterocycles. The van der Waals surface area contributed by atoms with E-state index in [2.05, 4.69) is 0 Å². The molecule has 2 aliphatic heterocycles. The van der Waals surface area contributed by atoms with Crippen molar-refractivity contribution in [3.05, 3.63) is 24.3 Å². The van der Waals surface area contributed by atoms with Crippen molar-refractivity contribution in [1.82, 2.24) is 4.90 Å². The summed E-state index contributed by atoms with van der Waals surface area (Å²) in [5.41, 5.74) is 0.602. The van der Waals surface area contributed by atoms with E-state index in [1.807, 2.05) is 0 Å². The van der Waals surface area contributed by atoms with Crippen LogP contribution in [0.5, 0.6) is 5.75 Å². The number of nitrogens with zero attached hydrogens (tertiary/aromatic N) is 2. The van der Waals surface area contributed by atoms with Crippen LogP contribution in [0.4, 0.5) is 5.69 Å². The Morgan fingerprint density at radius 1 is 1.16 bits per heavy atom. The van der Waals surface area contributed by atoms with Gasteiger partial charge in [0.25, 0.3) is 11.8 Å². The minimum Gasteiger partial charge on any atom is -0.482 e. The lowest BCUT2D eigenvalue weighted by Crippen LogP contribution is -2.40. The van der Waals surface area contributed by atoms with E-state index < -0.39 is 18.5 Å². The highest BCUT2D eigenvalue weighted by atomic mass is 16.5. The summed E-state index contributed by atoms with van der Waals surface area (Å²) < 4.78 is 10.3. The Labute approximate surface area is 144 Å². The predicted molar refractivity (Wildman–Crippen MR) is 85.8 cm³/mol. The molecule has 8 nitrogen and oxygen atoms in total. The first-order valence-corrected chi connectivity index (χ1v) is 8.07. The van der Waals surface area contributed by atoms with E-state index in [1.165, 1.54) is 4.90 Å². The van der Waals surface area contributed by atoms with E-state index in [1.54, 1.807) is 24.3 Å². The zero-order valence-corrected chi connectivity index (χ0v) is 13.6. The first-order valence-electron chi connectivity index (χ1n) is 8.07. The number of para-hydroxylation sites is 2. The lowest BCUT2D eigenvalue weighted by atomic mass is 10.2. The molecular formula is C17H18N2O6. The summed E-state index contributed by atoms with van der Waals surface area (Å²) >= 11 is 0. The molecule has 0 saturated carbocycles. The fourth-order valence-electron chi connectivity index (χ4n) is 2.81. The highest BCUT2D eigenvalue weighted by Gasteiger charge is 2.28. The molecule has 0 aliphatic carbocycles. The van der Waals surface area contributed by atoms with Gasteiger partial charge in [0, 0.05) is 19.5 Å². The number of likely N-dealkylation sites (tertiary alicyclic amines) is 1. The largest absolute Gasteiger partial charge is 0.482 e. The maximum absolute atomic E-state index is 12.0. The van der Waals surface area contributed by atoms with Crippen LogP contribution in [0.15, 0.2) is 24.3 Å². The lowest BCUT2D eigenvalue weighted by molar-refractivity contribution is -0.154. The summed E-state index contributed by atoms with van der Waals surface area (Å²) in [5.74, 6) is -1.01. The van der Waals surface area contributed by atoms with Gasteiger partial charge in [0.05, 0.1) is 12.1 Å². The first-order chi connectivity index (χ1) is 12.1. The second-order valence-corrected chi connectivity index (χ2v) is 5.76. The van der Waals surface area contributed by atoms with Crippen LogP contribution in [0.25, 0.3) is 0 Å². The second-order valence-electron chi connectivity index (χ2n) is 5.76. The Balaban J connectivity index is 1.50. The molecule has 0 aromatic heterocycles. The smallest absolute Gasteiger partial charge is 0.308 e. The van der Waals surface area contributed by atoms with Gasteiger partial charge in [0.2, 0.25) is 5.91 Å². The minimum absolute atomic E-state index is 0.0543. The Morgan fingerprint density at radius 3 is 2.72 bits per heavy atom. The Kier molecular flexibility index (Phi) is 4.97. The molecule has 1 saturated heterocycles. The molecule has 25 heavy (non-hydrogen) atoms. The molecule has 1 aromatic carbocycles. The zero-order valence-electron chi connectivity index (χ0n) is 13.6. The van der Waals surface area contributed by atoms with Gasteiger partial charge in [-0.15, -0.1) is 0 Å².